The van der Waals surface area contributed by atoms with E-state index in [0.29, 0.717) is 12.0 Å². The molecule has 2 aromatic rings. The standard InChI is InChI=1S/C30H41FN2O2/c1-2-3-4-5-6-7-8-9-10-11-12-13-14-15-16-17-29(34)33-22-20-25(21-23-33)30-27-19-18-26(31)24-28(27)35-32-30/h9-10,12-13,15-16,18-19,24-25H,2-8,11,14,17,20-23H2,1H3/b10-9-,13-12-,16-15-. The molecule has 1 aromatic carbocycles. The predicted molar refractivity (Wildman–Crippen MR) is 142 cm³/mol. The number of allylic oxidation sites excluding steroid dienone is 5. The summed E-state index contributed by atoms with van der Waals surface area (Å²) in [5.41, 5.74) is 1.37. The van der Waals surface area contributed by atoms with Gasteiger partial charge in [0, 0.05) is 36.9 Å². The van der Waals surface area contributed by atoms with Gasteiger partial charge in [0.05, 0.1) is 5.69 Å². The van der Waals surface area contributed by atoms with E-state index in [0.717, 1.165) is 49.9 Å². The van der Waals surface area contributed by atoms with Crippen LogP contribution >= 0.6 is 0 Å². The lowest BCUT2D eigenvalue weighted by Gasteiger charge is -2.31. The van der Waals surface area contributed by atoms with Crippen molar-refractivity contribution in [3.63, 3.8) is 0 Å². The van der Waals surface area contributed by atoms with Crippen molar-refractivity contribution >= 4 is 16.9 Å². The molecule has 0 atom stereocenters. The summed E-state index contributed by atoms with van der Waals surface area (Å²) in [5, 5.41) is 5.06. The number of fused-ring (bicyclic) bond motifs is 1. The van der Waals surface area contributed by atoms with Gasteiger partial charge in [-0.3, -0.25) is 4.79 Å². The van der Waals surface area contributed by atoms with E-state index in [1.165, 1.54) is 57.1 Å². The molecule has 1 fully saturated rings. The maximum Gasteiger partial charge on any atom is 0.226 e. The lowest BCUT2D eigenvalue weighted by atomic mass is 9.91. The number of piperidine rings is 1. The minimum absolute atomic E-state index is 0.174. The van der Waals surface area contributed by atoms with Crippen molar-refractivity contribution in [2.45, 2.75) is 89.9 Å². The van der Waals surface area contributed by atoms with Crippen LogP contribution in [0.5, 0.6) is 0 Å². The van der Waals surface area contributed by atoms with Gasteiger partial charge in [-0.2, -0.15) is 0 Å². The predicted octanol–water partition coefficient (Wildman–Crippen LogP) is 8.26. The van der Waals surface area contributed by atoms with Crippen LogP contribution in [0.3, 0.4) is 0 Å². The second-order valence-corrected chi connectivity index (χ2v) is 9.51. The molecule has 1 aromatic heterocycles. The van der Waals surface area contributed by atoms with Crippen molar-refractivity contribution in [3.05, 3.63) is 66.2 Å². The first-order valence-corrected chi connectivity index (χ1v) is 13.5. The quantitative estimate of drug-likeness (QED) is 0.202. The maximum atomic E-state index is 13.4. The highest BCUT2D eigenvalue weighted by atomic mass is 19.1. The smallest absolute Gasteiger partial charge is 0.226 e. The minimum Gasteiger partial charge on any atom is -0.356 e. The Kier molecular flexibility index (Phi) is 11.8. The van der Waals surface area contributed by atoms with Gasteiger partial charge in [0.15, 0.2) is 5.58 Å². The molecule has 0 aliphatic carbocycles. The zero-order valence-electron chi connectivity index (χ0n) is 21.3. The number of benzene rings is 1. The number of hydrogen-bond acceptors (Lipinski definition) is 3. The molecule has 3 rings (SSSR count). The van der Waals surface area contributed by atoms with Gasteiger partial charge in [-0.1, -0.05) is 80.6 Å². The van der Waals surface area contributed by atoms with E-state index in [1.54, 1.807) is 6.07 Å². The molecule has 0 unspecified atom stereocenters. The second kappa shape index (κ2) is 15.3. The highest BCUT2D eigenvalue weighted by Gasteiger charge is 2.26. The van der Waals surface area contributed by atoms with Crippen molar-refractivity contribution in [1.82, 2.24) is 10.1 Å². The van der Waals surface area contributed by atoms with Gasteiger partial charge >= 0.3 is 0 Å². The van der Waals surface area contributed by atoms with Crippen LogP contribution in [-0.4, -0.2) is 29.1 Å². The Hall–Kier alpha value is -2.69. The monoisotopic (exact) mass is 480 g/mol. The third kappa shape index (κ3) is 9.12. The molecule has 2 heterocycles. The van der Waals surface area contributed by atoms with Gasteiger partial charge in [-0.15, -0.1) is 0 Å². The molecule has 1 aliphatic rings. The zero-order chi connectivity index (χ0) is 24.7. The van der Waals surface area contributed by atoms with Crippen molar-refractivity contribution in [2.75, 3.05) is 13.1 Å². The summed E-state index contributed by atoms with van der Waals surface area (Å²) in [7, 11) is 0. The third-order valence-corrected chi connectivity index (χ3v) is 6.76. The van der Waals surface area contributed by atoms with Crippen LogP contribution in [0.1, 0.15) is 95.6 Å². The van der Waals surface area contributed by atoms with Gasteiger partial charge in [0.25, 0.3) is 0 Å². The molecule has 35 heavy (non-hydrogen) atoms. The van der Waals surface area contributed by atoms with Crippen LogP contribution in [0, 0.1) is 5.82 Å². The molecular weight excluding hydrogens is 439 g/mol. The van der Waals surface area contributed by atoms with Crippen molar-refractivity contribution in [3.8, 4) is 0 Å². The van der Waals surface area contributed by atoms with E-state index >= 15 is 0 Å². The summed E-state index contributed by atoms with van der Waals surface area (Å²) >= 11 is 0. The molecule has 1 aliphatic heterocycles. The topological polar surface area (TPSA) is 46.3 Å². The number of rotatable bonds is 14. The fraction of sp³-hybridized carbons (Fsp3) is 0.533. The fourth-order valence-electron chi connectivity index (χ4n) is 4.64. The largest absolute Gasteiger partial charge is 0.356 e. The van der Waals surface area contributed by atoms with Crippen LogP contribution in [0.2, 0.25) is 0 Å². The lowest BCUT2D eigenvalue weighted by molar-refractivity contribution is -0.131. The van der Waals surface area contributed by atoms with E-state index in [9.17, 15) is 9.18 Å². The normalized spacial score (nSPS) is 15.4. The Labute approximate surface area is 209 Å². The molecule has 1 saturated heterocycles. The highest BCUT2D eigenvalue weighted by Crippen LogP contribution is 2.32. The average molecular weight is 481 g/mol. The van der Waals surface area contributed by atoms with Crippen LogP contribution in [-0.2, 0) is 4.79 Å². The van der Waals surface area contributed by atoms with E-state index in [4.69, 9.17) is 4.52 Å². The summed E-state index contributed by atoms with van der Waals surface area (Å²) in [6, 6.07) is 4.55. The molecule has 5 heteroatoms. The molecule has 1 amide bonds. The van der Waals surface area contributed by atoms with Crippen LogP contribution in [0.15, 0.2) is 59.2 Å². The molecule has 0 N–H and O–H groups in total. The number of hydrogen-bond donors (Lipinski definition) is 0. The van der Waals surface area contributed by atoms with Gasteiger partial charge in [-0.25, -0.2) is 4.39 Å². The van der Waals surface area contributed by atoms with Gasteiger partial charge < -0.3 is 9.42 Å². The first kappa shape index (κ1) is 26.9. The number of amides is 1. The van der Waals surface area contributed by atoms with Crippen molar-refractivity contribution in [1.29, 1.82) is 0 Å². The Morgan fingerprint density at radius 3 is 2.46 bits per heavy atom. The molecule has 0 bridgehead atoms. The van der Waals surface area contributed by atoms with Gasteiger partial charge in [-0.05, 0) is 50.7 Å². The summed E-state index contributed by atoms with van der Waals surface area (Å²) in [6.45, 7) is 3.70. The van der Waals surface area contributed by atoms with Crippen molar-refractivity contribution < 1.29 is 13.7 Å². The number of carbonyl (C=O) groups is 1. The summed E-state index contributed by atoms with van der Waals surface area (Å²) in [6.07, 6.45) is 26.2. The molecule has 0 spiro atoms. The number of halogens is 1. The Morgan fingerprint density at radius 1 is 1.00 bits per heavy atom. The van der Waals surface area contributed by atoms with E-state index in [1.807, 2.05) is 11.0 Å². The molecule has 0 radical (unpaired) electrons. The first-order valence-electron chi connectivity index (χ1n) is 13.5. The van der Waals surface area contributed by atoms with E-state index < -0.39 is 0 Å². The highest BCUT2D eigenvalue weighted by molar-refractivity contribution is 5.80. The summed E-state index contributed by atoms with van der Waals surface area (Å²) in [4.78, 5) is 14.5. The van der Waals surface area contributed by atoms with E-state index in [-0.39, 0.29) is 17.6 Å². The van der Waals surface area contributed by atoms with Gasteiger partial charge in [0.2, 0.25) is 5.91 Å². The molecule has 4 nitrogen and oxygen atoms in total. The van der Waals surface area contributed by atoms with Crippen LogP contribution < -0.4 is 0 Å². The van der Waals surface area contributed by atoms with Crippen molar-refractivity contribution in [2.24, 2.45) is 0 Å². The molecule has 190 valence electrons. The average Bonchev–Trinajstić information content (AvgIpc) is 3.29. The summed E-state index contributed by atoms with van der Waals surface area (Å²) in [5.74, 6) is 0.0967. The number of nitrogens with zero attached hydrogens (tertiary/aromatic N) is 2. The number of aromatic nitrogens is 1. The van der Waals surface area contributed by atoms with Gasteiger partial charge in [0.1, 0.15) is 5.82 Å². The first-order chi connectivity index (χ1) is 17.2. The Morgan fingerprint density at radius 2 is 1.69 bits per heavy atom. The third-order valence-electron chi connectivity index (χ3n) is 6.76. The molecular formula is C30H41FN2O2. The zero-order valence-corrected chi connectivity index (χ0v) is 21.3. The SMILES string of the molecule is CCCCCCCC/C=C\C/C=C\C/C=C\CC(=O)N1CCC(c2noc3cc(F)ccc23)CC1. The van der Waals surface area contributed by atoms with E-state index in [2.05, 4.69) is 42.5 Å². The second-order valence-electron chi connectivity index (χ2n) is 9.51. The Bertz CT molecular complexity index is 983. The Balaban J connectivity index is 1.26. The fourth-order valence-corrected chi connectivity index (χ4v) is 4.64. The lowest BCUT2D eigenvalue weighted by Crippen LogP contribution is -2.37. The number of likely N-dealkylation sites (tertiary alicyclic amines) is 1. The molecule has 0 saturated carbocycles. The summed E-state index contributed by atoms with van der Waals surface area (Å²) < 4.78 is 18.7. The minimum atomic E-state index is -0.320. The van der Waals surface area contributed by atoms with Crippen LogP contribution in [0.25, 0.3) is 11.0 Å². The van der Waals surface area contributed by atoms with Crippen LogP contribution in [0.4, 0.5) is 4.39 Å². The number of unbranched alkanes of at least 4 members (excludes halogenated alkanes) is 6. The maximum absolute atomic E-state index is 13.4. The number of carbonyl (C=O) groups excluding carboxylic acids is 1.